The van der Waals surface area contributed by atoms with E-state index in [1.54, 1.807) is 0 Å². The fraction of sp³-hybridized carbons (Fsp3) is 1.00. The summed E-state index contributed by atoms with van der Waals surface area (Å²) in [5.74, 6) is 0. The van der Waals surface area contributed by atoms with Gasteiger partial charge in [-0.1, -0.05) is 103 Å². The molecule has 0 aromatic carbocycles. The van der Waals surface area contributed by atoms with Crippen molar-refractivity contribution in [2.75, 3.05) is 6.67 Å². The molecule has 0 radical (unpaired) electrons. The summed E-state index contributed by atoms with van der Waals surface area (Å²) in [6.45, 7) is 2.15. The van der Waals surface area contributed by atoms with Crippen LogP contribution in [0.5, 0.6) is 0 Å². The first kappa shape index (κ1) is 22.2. The normalized spacial score (nSPS) is 10.5. The van der Waals surface area contributed by atoms with E-state index in [0.717, 1.165) is 12.8 Å². The molecule has 0 rings (SSSR count). The fourth-order valence-electron chi connectivity index (χ4n) is 2.64. The Bertz CT molecular complexity index is 134. The number of hydrogen-bond donors (Lipinski definition) is 1. The zero-order valence-electron chi connectivity index (χ0n) is 14.1. The van der Waals surface area contributed by atoms with Crippen LogP contribution in [0.15, 0.2) is 0 Å². The van der Waals surface area contributed by atoms with Gasteiger partial charge in [-0.15, -0.1) is 0 Å². The third-order valence-electron chi connectivity index (χ3n) is 3.99. The van der Waals surface area contributed by atoms with E-state index in [1.165, 1.54) is 89.9 Å². The van der Waals surface area contributed by atoms with Crippen molar-refractivity contribution in [3.8, 4) is 0 Å². The summed E-state index contributed by atoms with van der Waals surface area (Å²) >= 11 is 0. The molecule has 0 saturated heterocycles. The molecule has 0 saturated carbocycles. The van der Waals surface area contributed by atoms with Gasteiger partial charge in [0, 0.05) is 0 Å². The van der Waals surface area contributed by atoms with Gasteiger partial charge in [0.05, 0.1) is 6.67 Å². The number of rotatable bonds is 16. The third-order valence-corrected chi connectivity index (χ3v) is 3.99. The van der Waals surface area contributed by atoms with Crippen molar-refractivity contribution in [3.63, 3.8) is 0 Å². The van der Waals surface area contributed by atoms with E-state index >= 15 is 0 Å². The molecule has 0 atom stereocenters. The third kappa shape index (κ3) is 20.2. The van der Waals surface area contributed by atoms with E-state index in [1.807, 2.05) is 0 Å². The van der Waals surface area contributed by atoms with E-state index in [4.69, 9.17) is 0 Å². The SMILES string of the molecule is CCCCCCCCCCCCCCCCCCF.N. The minimum atomic E-state index is -0.127. The summed E-state index contributed by atoms with van der Waals surface area (Å²) in [6.07, 6.45) is 21.5. The fourth-order valence-corrected chi connectivity index (χ4v) is 2.64. The topological polar surface area (TPSA) is 35.0 Å². The summed E-state index contributed by atoms with van der Waals surface area (Å²) < 4.78 is 11.9. The van der Waals surface area contributed by atoms with Crippen molar-refractivity contribution in [1.29, 1.82) is 0 Å². The highest BCUT2D eigenvalue weighted by atomic mass is 19.1. The Kier molecular flexibility index (Phi) is 23.5. The Morgan fingerprint density at radius 3 is 0.950 bits per heavy atom. The Hall–Kier alpha value is -0.110. The van der Waals surface area contributed by atoms with E-state index in [2.05, 4.69) is 6.92 Å². The van der Waals surface area contributed by atoms with Crippen molar-refractivity contribution in [3.05, 3.63) is 0 Å². The molecule has 0 amide bonds. The van der Waals surface area contributed by atoms with Gasteiger partial charge in [-0.3, -0.25) is 4.39 Å². The lowest BCUT2D eigenvalue weighted by Gasteiger charge is -2.03. The lowest BCUT2D eigenvalue weighted by Crippen LogP contribution is -1.84. The van der Waals surface area contributed by atoms with Crippen molar-refractivity contribution in [1.82, 2.24) is 6.15 Å². The summed E-state index contributed by atoms with van der Waals surface area (Å²) in [5, 5.41) is 0. The molecule has 0 spiro atoms. The largest absolute Gasteiger partial charge is 0.344 e. The molecular weight excluding hydrogens is 249 g/mol. The molecule has 124 valence electrons. The molecule has 3 N–H and O–H groups in total. The quantitative estimate of drug-likeness (QED) is 0.295. The van der Waals surface area contributed by atoms with Crippen molar-refractivity contribution >= 4 is 0 Å². The van der Waals surface area contributed by atoms with Crippen LogP contribution < -0.4 is 6.15 Å². The Labute approximate surface area is 127 Å². The summed E-state index contributed by atoms with van der Waals surface area (Å²) in [6, 6.07) is 0. The van der Waals surface area contributed by atoms with Gasteiger partial charge >= 0.3 is 0 Å². The van der Waals surface area contributed by atoms with Crippen molar-refractivity contribution in [2.45, 2.75) is 110 Å². The van der Waals surface area contributed by atoms with E-state index < -0.39 is 0 Å². The smallest absolute Gasteiger partial charge is 0.0894 e. The van der Waals surface area contributed by atoms with Gasteiger partial charge in [0.15, 0.2) is 0 Å². The van der Waals surface area contributed by atoms with Crippen molar-refractivity contribution < 1.29 is 4.39 Å². The zero-order chi connectivity index (χ0) is 14.0. The van der Waals surface area contributed by atoms with Crippen LogP contribution in [-0.2, 0) is 0 Å². The molecule has 0 unspecified atom stereocenters. The molecule has 0 aliphatic rings. The maximum absolute atomic E-state index is 11.9. The van der Waals surface area contributed by atoms with Crippen LogP contribution in [0.1, 0.15) is 110 Å². The minimum Gasteiger partial charge on any atom is -0.344 e. The molecule has 0 fully saturated rings. The molecule has 1 nitrogen and oxygen atoms in total. The molecule has 0 aliphatic heterocycles. The highest BCUT2D eigenvalue weighted by Gasteiger charge is 1.94. The van der Waals surface area contributed by atoms with E-state index in [0.29, 0.717) is 0 Å². The van der Waals surface area contributed by atoms with Gasteiger partial charge in [-0.05, 0) is 6.42 Å². The van der Waals surface area contributed by atoms with Crippen LogP contribution in [0.25, 0.3) is 0 Å². The molecule has 0 heterocycles. The van der Waals surface area contributed by atoms with E-state index in [-0.39, 0.29) is 12.8 Å². The number of unbranched alkanes of at least 4 members (excludes halogenated alkanes) is 15. The van der Waals surface area contributed by atoms with Gasteiger partial charge in [-0.2, -0.15) is 0 Å². The van der Waals surface area contributed by atoms with Gasteiger partial charge in [-0.25, -0.2) is 0 Å². The second-order valence-corrected chi connectivity index (χ2v) is 5.99. The van der Waals surface area contributed by atoms with Crippen LogP contribution in [0.4, 0.5) is 4.39 Å². The molecule has 20 heavy (non-hydrogen) atoms. The Morgan fingerprint density at radius 2 is 0.700 bits per heavy atom. The lowest BCUT2D eigenvalue weighted by atomic mass is 10.0. The average Bonchev–Trinajstić information content (AvgIpc) is 2.43. The minimum absolute atomic E-state index is 0. The van der Waals surface area contributed by atoms with Gasteiger partial charge < -0.3 is 6.15 Å². The summed E-state index contributed by atoms with van der Waals surface area (Å²) in [7, 11) is 0. The maximum atomic E-state index is 11.9. The van der Waals surface area contributed by atoms with E-state index in [9.17, 15) is 4.39 Å². The first-order valence-corrected chi connectivity index (χ1v) is 8.97. The second-order valence-electron chi connectivity index (χ2n) is 5.99. The van der Waals surface area contributed by atoms with Crippen LogP contribution in [-0.4, -0.2) is 6.67 Å². The number of hydrogen-bond acceptors (Lipinski definition) is 1. The predicted molar refractivity (Wildman–Crippen MR) is 90.5 cm³/mol. The second kappa shape index (κ2) is 21.2. The predicted octanol–water partition coefficient (Wildman–Crippen LogP) is 7.38. The maximum Gasteiger partial charge on any atom is 0.0894 e. The molecule has 0 aromatic heterocycles. The Morgan fingerprint density at radius 1 is 0.450 bits per heavy atom. The Balaban J connectivity index is 0. The van der Waals surface area contributed by atoms with Crippen LogP contribution >= 0.6 is 0 Å². The van der Waals surface area contributed by atoms with Crippen LogP contribution in [0.3, 0.4) is 0 Å². The summed E-state index contributed by atoms with van der Waals surface area (Å²) in [5.41, 5.74) is 0. The molecule has 0 aliphatic carbocycles. The monoisotopic (exact) mass is 289 g/mol. The van der Waals surface area contributed by atoms with Crippen LogP contribution in [0.2, 0.25) is 0 Å². The first-order chi connectivity index (χ1) is 9.41. The van der Waals surface area contributed by atoms with Crippen molar-refractivity contribution in [2.24, 2.45) is 0 Å². The highest BCUT2D eigenvalue weighted by molar-refractivity contribution is 4.49. The molecule has 0 aromatic rings. The number of alkyl halides is 1. The lowest BCUT2D eigenvalue weighted by molar-refractivity contribution is 0.448. The van der Waals surface area contributed by atoms with Crippen LogP contribution in [0, 0.1) is 0 Å². The summed E-state index contributed by atoms with van der Waals surface area (Å²) in [4.78, 5) is 0. The average molecular weight is 290 g/mol. The first-order valence-electron chi connectivity index (χ1n) is 8.97. The molecule has 0 bridgehead atoms. The number of halogens is 1. The standard InChI is InChI=1S/C18H37F.H3N/c1-2-3-4-5-6-7-8-9-10-11-12-13-14-15-16-17-18-19;/h2-18H2,1H3;1H3. The highest BCUT2D eigenvalue weighted by Crippen LogP contribution is 2.13. The molecule has 2 heteroatoms. The van der Waals surface area contributed by atoms with Gasteiger partial charge in [0.2, 0.25) is 0 Å². The zero-order valence-corrected chi connectivity index (χ0v) is 14.1. The van der Waals surface area contributed by atoms with Gasteiger partial charge in [0.25, 0.3) is 0 Å². The molecular formula is C18H40FN. The van der Waals surface area contributed by atoms with Gasteiger partial charge in [0.1, 0.15) is 0 Å².